The van der Waals surface area contributed by atoms with E-state index < -0.39 is 5.41 Å². The number of fused-ring (bicyclic) bond motifs is 1. The molecule has 6 heteroatoms. The number of carbonyl (C=O) groups is 2. The zero-order chi connectivity index (χ0) is 19.4. The van der Waals surface area contributed by atoms with Crippen molar-refractivity contribution in [1.29, 1.82) is 0 Å². The first-order valence-corrected chi connectivity index (χ1v) is 9.30. The standard InChI is InChI=1S/C22H27N3O2.ClH/c1-22(2,3)21(27)25-11-15-4-7-17(8-5-15)20(26)24-12-16-6-9-18-13-23-14-19(18)10-16;/h4-10,23H,11-14H2,1-3H3,(H,24,26)(H,25,27);1H. The fraction of sp³-hybridized carbons (Fsp3) is 0.364. The van der Waals surface area contributed by atoms with E-state index in [0.717, 1.165) is 24.2 Å². The Morgan fingerprint density at radius 2 is 1.50 bits per heavy atom. The summed E-state index contributed by atoms with van der Waals surface area (Å²) in [5, 5.41) is 9.20. The lowest BCUT2D eigenvalue weighted by molar-refractivity contribution is -0.128. The van der Waals surface area contributed by atoms with Gasteiger partial charge in [-0.1, -0.05) is 51.1 Å². The third-order valence-corrected chi connectivity index (χ3v) is 4.71. The maximum Gasteiger partial charge on any atom is 0.251 e. The minimum absolute atomic E-state index is 0. The molecule has 0 unspecified atom stereocenters. The molecule has 5 nitrogen and oxygen atoms in total. The molecule has 0 radical (unpaired) electrons. The first-order chi connectivity index (χ1) is 12.8. The van der Waals surface area contributed by atoms with Gasteiger partial charge in [-0.15, -0.1) is 12.4 Å². The van der Waals surface area contributed by atoms with Crippen molar-refractivity contribution in [2.45, 2.75) is 47.0 Å². The van der Waals surface area contributed by atoms with Gasteiger partial charge < -0.3 is 16.0 Å². The Morgan fingerprint density at radius 1 is 0.893 bits per heavy atom. The van der Waals surface area contributed by atoms with E-state index in [1.54, 1.807) is 12.1 Å². The van der Waals surface area contributed by atoms with Crippen molar-refractivity contribution in [2.24, 2.45) is 5.41 Å². The smallest absolute Gasteiger partial charge is 0.251 e. The fourth-order valence-electron chi connectivity index (χ4n) is 2.96. The number of amides is 2. The van der Waals surface area contributed by atoms with Gasteiger partial charge in [0.15, 0.2) is 0 Å². The summed E-state index contributed by atoms with van der Waals surface area (Å²) in [6.07, 6.45) is 0. The minimum atomic E-state index is -0.409. The van der Waals surface area contributed by atoms with E-state index in [1.807, 2.05) is 32.9 Å². The van der Waals surface area contributed by atoms with Crippen LogP contribution in [0.5, 0.6) is 0 Å². The average molecular weight is 402 g/mol. The molecular weight excluding hydrogens is 374 g/mol. The number of hydrogen-bond donors (Lipinski definition) is 3. The van der Waals surface area contributed by atoms with E-state index in [-0.39, 0.29) is 24.2 Å². The lowest BCUT2D eigenvalue weighted by Crippen LogP contribution is -2.34. The predicted molar refractivity (Wildman–Crippen MR) is 113 cm³/mol. The van der Waals surface area contributed by atoms with Gasteiger partial charge in [0, 0.05) is 37.2 Å². The largest absolute Gasteiger partial charge is 0.352 e. The highest BCUT2D eigenvalue weighted by atomic mass is 35.5. The number of hydrogen-bond acceptors (Lipinski definition) is 3. The molecule has 0 saturated carbocycles. The molecule has 3 N–H and O–H groups in total. The normalized spacial score (nSPS) is 12.7. The zero-order valence-electron chi connectivity index (χ0n) is 16.6. The van der Waals surface area contributed by atoms with Gasteiger partial charge in [0.05, 0.1) is 0 Å². The topological polar surface area (TPSA) is 70.2 Å². The van der Waals surface area contributed by atoms with E-state index in [9.17, 15) is 9.59 Å². The lowest BCUT2D eigenvalue weighted by atomic mass is 9.95. The molecule has 0 aliphatic carbocycles. The maximum absolute atomic E-state index is 12.4. The van der Waals surface area contributed by atoms with Crippen LogP contribution in [0.3, 0.4) is 0 Å². The second kappa shape index (κ2) is 9.22. The van der Waals surface area contributed by atoms with Crippen molar-refractivity contribution in [3.05, 3.63) is 70.3 Å². The Bertz CT molecular complexity index is 842. The average Bonchev–Trinajstić information content (AvgIpc) is 3.11. The van der Waals surface area contributed by atoms with Crippen molar-refractivity contribution in [2.75, 3.05) is 0 Å². The van der Waals surface area contributed by atoms with Crippen molar-refractivity contribution >= 4 is 24.2 Å². The summed E-state index contributed by atoms with van der Waals surface area (Å²) in [5.74, 6) is -0.0900. The molecule has 150 valence electrons. The van der Waals surface area contributed by atoms with Crippen LogP contribution in [-0.4, -0.2) is 11.8 Å². The van der Waals surface area contributed by atoms with Crippen LogP contribution in [-0.2, 0) is 31.0 Å². The van der Waals surface area contributed by atoms with E-state index in [2.05, 4.69) is 34.1 Å². The Labute approximate surface area is 172 Å². The summed E-state index contributed by atoms with van der Waals surface area (Å²) in [5.41, 5.74) is 4.92. The van der Waals surface area contributed by atoms with Gasteiger partial charge in [0.2, 0.25) is 5.91 Å². The Hall–Kier alpha value is -2.37. The first-order valence-electron chi connectivity index (χ1n) is 9.30. The van der Waals surface area contributed by atoms with Gasteiger partial charge in [-0.2, -0.15) is 0 Å². The molecule has 0 saturated heterocycles. The summed E-state index contributed by atoms with van der Waals surface area (Å²) in [4.78, 5) is 24.3. The summed E-state index contributed by atoms with van der Waals surface area (Å²) in [6.45, 7) is 8.43. The van der Waals surface area contributed by atoms with E-state index in [0.29, 0.717) is 18.7 Å². The highest BCUT2D eigenvalue weighted by Crippen LogP contribution is 2.17. The molecular formula is C22H28ClN3O2. The molecule has 0 bridgehead atoms. The van der Waals surface area contributed by atoms with Crippen LogP contribution >= 0.6 is 12.4 Å². The fourth-order valence-corrected chi connectivity index (χ4v) is 2.96. The van der Waals surface area contributed by atoms with Gasteiger partial charge in [0.25, 0.3) is 5.91 Å². The van der Waals surface area contributed by atoms with Gasteiger partial charge in [-0.05, 0) is 34.4 Å². The molecule has 0 aromatic heterocycles. The minimum Gasteiger partial charge on any atom is -0.352 e. The SMILES string of the molecule is CC(C)(C)C(=O)NCc1ccc(C(=O)NCc2ccc3c(c2)CNC3)cc1.Cl. The highest BCUT2D eigenvalue weighted by Gasteiger charge is 2.20. The second-order valence-corrected chi connectivity index (χ2v) is 8.02. The maximum atomic E-state index is 12.4. The summed E-state index contributed by atoms with van der Waals surface area (Å²) in [6, 6.07) is 13.7. The molecule has 1 heterocycles. The number of carbonyl (C=O) groups excluding carboxylic acids is 2. The third kappa shape index (κ3) is 5.57. The Morgan fingerprint density at radius 3 is 2.18 bits per heavy atom. The molecule has 0 spiro atoms. The monoisotopic (exact) mass is 401 g/mol. The molecule has 0 fully saturated rings. The van der Waals surface area contributed by atoms with Crippen LogP contribution in [0.25, 0.3) is 0 Å². The van der Waals surface area contributed by atoms with Crippen LogP contribution in [0.4, 0.5) is 0 Å². The van der Waals surface area contributed by atoms with Gasteiger partial charge in [-0.25, -0.2) is 0 Å². The number of rotatable bonds is 5. The van der Waals surface area contributed by atoms with Crippen molar-refractivity contribution in [3.63, 3.8) is 0 Å². The molecule has 2 aromatic carbocycles. The Balaban J connectivity index is 0.00000280. The van der Waals surface area contributed by atoms with Crippen molar-refractivity contribution < 1.29 is 9.59 Å². The predicted octanol–water partition coefficient (Wildman–Crippen LogP) is 3.30. The summed E-state index contributed by atoms with van der Waals surface area (Å²) >= 11 is 0. The van der Waals surface area contributed by atoms with Crippen molar-refractivity contribution in [1.82, 2.24) is 16.0 Å². The molecule has 0 atom stereocenters. The molecule has 28 heavy (non-hydrogen) atoms. The van der Waals surface area contributed by atoms with E-state index in [4.69, 9.17) is 0 Å². The summed E-state index contributed by atoms with van der Waals surface area (Å²) in [7, 11) is 0. The van der Waals surface area contributed by atoms with Crippen molar-refractivity contribution in [3.8, 4) is 0 Å². The van der Waals surface area contributed by atoms with E-state index in [1.165, 1.54) is 11.1 Å². The van der Waals surface area contributed by atoms with Crippen LogP contribution in [0.2, 0.25) is 0 Å². The summed E-state index contributed by atoms with van der Waals surface area (Å²) < 4.78 is 0. The van der Waals surface area contributed by atoms with Gasteiger partial charge in [0.1, 0.15) is 0 Å². The number of halogens is 1. The Kier molecular flexibility index (Phi) is 7.22. The first kappa shape index (κ1) is 21.9. The third-order valence-electron chi connectivity index (χ3n) is 4.71. The number of nitrogens with one attached hydrogen (secondary N) is 3. The van der Waals surface area contributed by atoms with Gasteiger partial charge in [-0.3, -0.25) is 9.59 Å². The van der Waals surface area contributed by atoms with E-state index >= 15 is 0 Å². The molecule has 2 amide bonds. The number of benzene rings is 2. The lowest BCUT2D eigenvalue weighted by Gasteiger charge is -2.17. The molecule has 2 aromatic rings. The molecule has 1 aliphatic heterocycles. The van der Waals surface area contributed by atoms with Crippen LogP contribution in [0.1, 0.15) is 53.4 Å². The molecule has 1 aliphatic rings. The van der Waals surface area contributed by atoms with Crippen LogP contribution in [0.15, 0.2) is 42.5 Å². The second-order valence-electron chi connectivity index (χ2n) is 8.02. The van der Waals surface area contributed by atoms with Crippen LogP contribution < -0.4 is 16.0 Å². The quantitative estimate of drug-likeness (QED) is 0.719. The van der Waals surface area contributed by atoms with Crippen LogP contribution in [0, 0.1) is 5.41 Å². The zero-order valence-corrected chi connectivity index (χ0v) is 17.4. The molecule has 3 rings (SSSR count). The highest BCUT2D eigenvalue weighted by molar-refractivity contribution is 5.94. The van der Waals surface area contributed by atoms with Gasteiger partial charge >= 0.3 is 0 Å².